The summed E-state index contributed by atoms with van der Waals surface area (Å²) in [6, 6.07) is 5.97. The first-order valence-corrected chi connectivity index (χ1v) is 7.85. The fraction of sp³-hybridized carbons (Fsp3) is 0.500. The topological polar surface area (TPSA) is 23.6 Å². The van der Waals surface area contributed by atoms with E-state index in [2.05, 4.69) is 41.6 Å². The van der Waals surface area contributed by atoms with Crippen LogP contribution in [0.2, 0.25) is 5.02 Å². The van der Waals surface area contributed by atoms with Crippen LogP contribution in [-0.2, 0) is 0 Å². The van der Waals surface area contributed by atoms with Crippen LogP contribution < -0.4 is 0 Å². The molecule has 0 aliphatic carbocycles. The van der Waals surface area contributed by atoms with Crippen molar-refractivity contribution in [3.8, 4) is 0 Å². The van der Waals surface area contributed by atoms with E-state index >= 15 is 0 Å². The number of hydrogen-bond acceptors (Lipinski definition) is 2. The van der Waals surface area contributed by atoms with Crippen LogP contribution >= 0.6 is 34.2 Å². The van der Waals surface area contributed by atoms with E-state index in [4.69, 9.17) is 11.6 Å². The Morgan fingerprint density at radius 3 is 2.84 bits per heavy atom. The van der Waals surface area contributed by atoms with Gasteiger partial charge in [0.2, 0.25) is 0 Å². The smallest absolute Gasteiger partial charge is 0.253 e. The molecule has 1 atom stereocenters. The number of benzene rings is 1. The summed E-state index contributed by atoms with van der Waals surface area (Å²) >= 11 is 8.26. The van der Waals surface area contributed by atoms with Crippen LogP contribution in [0.3, 0.4) is 0 Å². The van der Waals surface area contributed by atoms with Gasteiger partial charge in [0.25, 0.3) is 5.91 Å². The molecule has 1 amide bonds. The molecular weight excluding hydrogens is 375 g/mol. The van der Waals surface area contributed by atoms with Crippen LogP contribution in [0, 0.1) is 3.57 Å². The average molecular weight is 393 g/mol. The van der Waals surface area contributed by atoms with Crippen molar-refractivity contribution in [1.82, 2.24) is 9.80 Å². The highest BCUT2D eigenvalue weighted by Crippen LogP contribution is 2.22. The van der Waals surface area contributed by atoms with Gasteiger partial charge in [0.05, 0.1) is 5.02 Å². The van der Waals surface area contributed by atoms with Crippen LogP contribution in [0.5, 0.6) is 0 Å². The number of amides is 1. The molecule has 0 bridgehead atoms. The van der Waals surface area contributed by atoms with Gasteiger partial charge in [0.15, 0.2) is 0 Å². The van der Waals surface area contributed by atoms with Crippen molar-refractivity contribution in [2.45, 2.75) is 18.9 Å². The minimum absolute atomic E-state index is 0.0878. The number of likely N-dealkylation sites (tertiary alicyclic amines) is 1. The summed E-state index contributed by atoms with van der Waals surface area (Å²) in [5, 5.41) is 0.646. The summed E-state index contributed by atoms with van der Waals surface area (Å²) in [7, 11) is 4.14. The molecule has 0 N–H and O–H groups in total. The lowest BCUT2D eigenvalue weighted by Gasteiger charge is -2.36. The van der Waals surface area contributed by atoms with Gasteiger partial charge in [-0.3, -0.25) is 4.79 Å². The van der Waals surface area contributed by atoms with Gasteiger partial charge in [-0.05, 0) is 67.7 Å². The van der Waals surface area contributed by atoms with Gasteiger partial charge in [-0.15, -0.1) is 0 Å². The maximum Gasteiger partial charge on any atom is 0.253 e. The number of nitrogens with zero attached hydrogens (tertiary/aromatic N) is 2. The molecule has 1 aromatic rings. The zero-order valence-electron chi connectivity index (χ0n) is 11.2. The van der Waals surface area contributed by atoms with E-state index in [1.807, 2.05) is 17.0 Å². The Morgan fingerprint density at radius 1 is 1.47 bits per heavy atom. The molecule has 1 aliphatic heterocycles. The molecule has 104 valence electrons. The number of likely N-dealkylation sites (N-methyl/N-ethyl adjacent to an activating group) is 1. The minimum atomic E-state index is 0.0878. The molecule has 1 fully saturated rings. The van der Waals surface area contributed by atoms with Crippen molar-refractivity contribution in [2.75, 3.05) is 27.2 Å². The number of piperidine rings is 1. The summed E-state index contributed by atoms with van der Waals surface area (Å²) in [5.74, 6) is 0.0878. The van der Waals surface area contributed by atoms with E-state index in [9.17, 15) is 4.79 Å². The molecule has 3 nitrogen and oxygen atoms in total. The maximum absolute atomic E-state index is 12.5. The second-order valence-corrected chi connectivity index (χ2v) is 6.71. The lowest BCUT2D eigenvalue weighted by atomic mass is 10.0. The molecule has 1 aromatic carbocycles. The predicted molar refractivity (Wildman–Crippen MR) is 86.8 cm³/mol. The Hall–Kier alpha value is -0.330. The predicted octanol–water partition coefficient (Wildman–Crippen LogP) is 3.11. The van der Waals surface area contributed by atoms with Crippen molar-refractivity contribution < 1.29 is 4.79 Å². The Kier molecular flexibility index (Phi) is 5.09. The van der Waals surface area contributed by atoms with E-state index in [-0.39, 0.29) is 5.91 Å². The third-order valence-electron chi connectivity index (χ3n) is 3.58. The van der Waals surface area contributed by atoms with E-state index in [0.717, 1.165) is 29.5 Å². The molecule has 1 heterocycles. The highest BCUT2D eigenvalue weighted by atomic mass is 127. The lowest BCUT2D eigenvalue weighted by Crippen LogP contribution is -2.47. The highest BCUT2D eigenvalue weighted by molar-refractivity contribution is 14.1. The SMILES string of the molecule is CN(C)C1CCCN(C(=O)c2ccc(I)c(Cl)c2)C1. The Balaban J connectivity index is 2.12. The van der Waals surface area contributed by atoms with E-state index < -0.39 is 0 Å². The zero-order valence-corrected chi connectivity index (χ0v) is 14.1. The normalized spacial score (nSPS) is 19.8. The molecule has 0 radical (unpaired) electrons. The van der Waals surface area contributed by atoms with Gasteiger partial charge in [0, 0.05) is 28.3 Å². The second-order valence-electron chi connectivity index (χ2n) is 5.14. The highest BCUT2D eigenvalue weighted by Gasteiger charge is 2.25. The van der Waals surface area contributed by atoms with Gasteiger partial charge in [-0.25, -0.2) is 0 Å². The van der Waals surface area contributed by atoms with Crippen molar-refractivity contribution in [3.05, 3.63) is 32.4 Å². The van der Waals surface area contributed by atoms with E-state index in [1.165, 1.54) is 0 Å². The molecule has 1 saturated heterocycles. The van der Waals surface area contributed by atoms with Gasteiger partial charge < -0.3 is 9.80 Å². The summed E-state index contributed by atoms with van der Waals surface area (Å²) in [6.07, 6.45) is 2.22. The number of hydrogen-bond donors (Lipinski definition) is 0. The fourth-order valence-corrected chi connectivity index (χ4v) is 2.89. The molecule has 2 rings (SSSR count). The van der Waals surface area contributed by atoms with Gasteiger partial charge in [-0.2, -0.15) is 0 Å². The summed E-state index contributed by atoms with van der Waals surface area (Å²) in [5.41, 5.74) is 0.685. The maximum atomic E-state index is 12.5. The van der Waals surface area contributed by atoms with Crippen molar-refractivity contribution in [3.63, 3.8) is 0 Å². The van der Waals surface area contributed by atoms with Gasteiger partial charge in [0.1, 0.15) is 0 Å². The molecule has 1 unspecified atom stereocenters. The van der Waals surface area contributed by atoms with Gasteiger partial charge >= 0.3 is 0 Å². The van der Waals surface area contributed by atoms with Crippen molar-refractivity contribution in [1.29, 1.82) is 0 Å². The molecule has 5 heteroatoms. The number of rotatable bonds is 2. The standard InChI is InChI=1S/C14H18ClIN2O/c1-17(2)11-4-3-7-18(9-11)14(19)10-5-6-13(16)12(15)8-10/h5-6,8,11H,3-4,7,9H2,1-2H3. The van der Waals surface area contributed by atoms with Gasteiger partial charge in [-0.1, -0.05) is 11.6 Å². The van der Waals surface area contributed by atoms with E-state index in [1.54, 1.807) is 6.07 Å². The Bertz CT molecular complexity index is 479. The summed E-state index contributed by atoms with van der Waals surface area (Å²) in [4.78, 5) is 16.6. The number of carbonyl (C=O) groups is 1. The molecule has 1 aliphatic rings. The first-order valence-electron chi connectivity index (χ1n) is 6.40. The molecule has 0 spiro atoms. The minimum Gasteiger partial charge on any atom is -0.337 e. The van der Waals surface area contributed by atoms with Crippen molar-refractivity contribution >= 4 is 40.1 Å². The zero-order chi connectivity index (χ0) is 14.0. The van der Waals surface area contributed by atoms with Crippen LogP contribution in [0.4, 0.5) is 0 Å². The Morgan fingerprint density at radius 2 is 2.21 bits per heavy atom. The first kappa shape index (κ1) is 15.1. The largest absolute Gasteiger partial charge is 0.337 e. The monoisotopic (exact) mass is 392 g/mol. The van der Waals surface area contributed by atoms with Crippen LogP contribution in [-0.4, -0.2) is 48.9 Å². The molecule has 0 saturated carbocycles. The first-order chi connectivity index (χ1) is 8.99. The van der Waals surface area contributed by atoms with Crippen molar-refractivity contribution in [2.24, 2.45) is 0 Å². The van der Waals surface area contributed by atoms with Crippen LogP contribution in [0.25, 0.3) is 0 Å². The third-order valence-corrected chi connectivity index (χ3v) is 5.15. The van der Waals surface area contributed by atoms with Crippen LogP contribution in [0.1, 0.15) is 23.2 Å². The third kappa shape index (κ3) is 3.61. The molecule has 19 heavy (non-hydrogen) atoms. The second kappa shape index (κ2) is 6.41. The average Bonchev–Trinajstić information content (AvgIpc) is 2.41. The summed E-state index contributed by atoms with van der Waals surface area (Å²) < 4.78 is 0.973. The number of carbonyl (C=O) groups excluding carboxylic acids is 1. The lowest BCUT2D eigenvalue weighted by molar-refractivity contribution is 0.0635. The summed E-state index contributed by atoms with van der Waals surface area (Å²) in [6.45, 7) is 1.64. The molecule has 0 aromatic heterocycles. The van der Waals surface area contributed by atoms with E-state index in [0.29, 0.717) is 16.6 Å². The molecular formula is C14H18ClIN2O. The van der Waals surface area contributed by atoms with Crippen LogP contribution in [0.15, 0.2) is 18.2 Å². The Labute approximate surface area is 133 Å². The fourth-order valence-electron chi connectivity index (χ4n) is 2.37. The quantitative estimate of drug-likeness (QED) is 0.722. The number of halogens is 2.